The predicted molar refractivity (Wildman–Crippen MR) is 107 cm³/mol. The third-order valence-corrected chi connectivity index (χ3v) is 4.70. The standard InChI is InChI=1S/C19H18Cl2FN3O3/c20-12-1-4-16(22)17(9-12)24-18(26)11-23-13-2-3-14(15(21)10-13)19(27)25-5-7-28-8-6-25/h1-4,9-10,23H,5-8,11H2,(H,24,26). The number of ether oxygens (including phenoxy) is 1. The lowest BCUT2D eigenvalue weighted by atomic mass is 10.1. The summed E-state index contributed by atoms with van der Waals surface area (Å²) in [6.07, 6.45) is 0. The van der Waals surface area contributed by atoms with Gasteiger partial charge < -0.3 is 20.3 Å². The first-order valence-corrected chi connectivity index (χ1v) is 9.35. The van der Waals surface area contributed by atoms with Gasteiger partial charge >= 0.3 is 0 Å². The number of carbonyl (C=O) groups excluding carboxylic acids is 2. The topological polar surface area (TPSA) is 70.7 Å². The highest BCUT2D eigenvalue weighted by Crippen LogP contribution is 2.23. The van der Waals surface area contributed by atoms with Crippen LogP contribution in [0.25, 0.3) is 0 Å². The Morgan fingerprint density at radius 3 is 2.57 bits per heavy atom. The molecule has 0 aromatic heterocycles. The van der Waals surface area contributed by atoms with E-state index in [9.17, 15) is 14.0 Å². The monoisotopic (exact) mass is 425 g/mol. The molecule has 1 fully saturated rings. The highest BCUT2D eigenvalue weighted by Gasteiger charge is 2.20. The van der Waals surface area contributed by atoms with Crippen molar-refractivity contribution < 1.29 is 18.7 Å². The van der Waals surface area contributed by atoms with Crippen molar-refractivity contribution in [2.75, 3.05) is 43.5 Å². The first-order valence-electron chi connectivity index (χ1n) is 8.59. The van der Waals surface area contributed by atoms with Gasteiger partial charge in [0.15, 0.2) is 0 Å². The Morgan fingerprint density at radius 1 is 1.11 bits per heavy atom. The highest BCUT2D eigenvalue weighted by atomic mass is 35.5. The van der Waals surface area contributed by atoms with Gasteiger partial charge in [-0.15, -0.1) is 0 Å². The van der Waals surface area contributed by atoms with Crippen molar-refractivity contribution >= 4 is 46.4 Å². The summed E-state index contributed by atoms with van der Waals surface area (Å²) in [7, 11) is 0. The maximum atomic E-state index is 13.7. The summed E-state index contributed by atoms with van der Waals surface area (Å²) in [5, 5.41) is 5.93. The predicted octanol–water partition coefficient (Wildman–Crippen LogP) is 3.66. The van der Waals surface area contributed by atoms with E-state index in [2.05, 4.69) is 10.6 Å². The van der Waals surface area contributed by atoms with Crippen LogP contribution in [0.3, 0.4) is 0 Å². The minimum Gasteiger partial charge on any atom is -0.378 e. The number of benzene rings is 2. The van der Waals surface area contributed by atoms with Crippen molar-refractivity contribution in [3.63, 3.8) is 0 Å². The molecule has 1 saturated heterocycles. The number of amides is 2. The molecule has 2 N–H and O–H groups in total. The lowest BCUT2D eigenvalue weighted by molar-refractivity contribution is -0.114. The smallest absolute Gasteiger partial charge is 0.255 e. The van der Waals surface area contributed by atoms with Crippen LogP contribution in [0.5, 0.6) is 0 Å². The first-order chi connectivity index (χ1) is 13.4. The van der Waals surface area contributed by atoms with Gasteiger partial charge in [0.2, 0.25) is 5.91 Å². The molecule has 0 spiro atoms. The molecule has 6 nitrogen and oxygen atoms in total. The zero-order valence-electron chi connectivity index (χ0n) is 14.8. The van der Waals surface area contributed by atoms with E-state index in [1.807, 2.05) is 0 Å². The van der Waals surface area contributed by atoms with Crippen molar-refractivity contribution in [1.82, 2.24) is 4.90 Å². The molecule has 0 aliphatic carbocycles. The van der Waals surface area contributed by atoms with Crippen LogP contribution in [0.4, 0.5) is 15.8 Å². The van der Waals surface area contributed by atoms with Crippen molar-refractivity contribution in [3.8, 4) is 0 Å². The molecular formula is C19H18Cl2FN3O3. The van der Waals surface area contributed by atoms with Crippen LogP contribution in [-0.2, 0) is 9.53 Å². The fraction of sp³-hybridized carbons (Fsp3) is 0.263. The Hall–Kier alpha value is -2.35. The molecule has 1 heterocycles. The Balaban J connectivity index is 1.59. The van der Waals surface area contributed by atoms with E-state index in [4.69, 9.17) is 27.9 Å². The van der Waals surface area contributed by atoms with Gasteiger partial charge in [0.25, 0.3) is 5.91 Å². The van der Waals surface area contributed by atoms with E-state index in [1.54, 1.807) is 23.1 Å². The number of nitrogens with one attached hydrogen (secondary N) is 2. The number of carbonyl (C=O) groups is 2. The van der Waals surface area contributed by atoms with Gasteiger partial charge in [-0.25, -0.2) is 4.39 Å². The van der Waals surface area contributed by atoms with Crippen LogP contribution in [0.2, 0.25) is 10.0 Å². The number of anilines is 2. The van der Waals surface area contributed by atoms with Gasteiger partial charge in [-0.2, -0.15) is 0 Å². The summed E-state index contributed by atoms with van der Waals surface area (Å²) in [4.78, 5) is 26.2. The maximum Gasteiger partial charge on any atom is 0.255 e. The zero-order valence-corrected chi connectivity index (χ0v) is 16.3. The van der Waals surface area contributed by atoms with E-state index >= 15 is 0 Å². The third-order valence-electron chi connectivity index (χ3n) is 4.15. The van der Waals surface area contributed by atoms with E-state index in [1.165, 1.54) is 18.2 Å². The Labute approximate surface area is 171 Å². The molecule has 0 unspecified atom stereocenters. The van der Waals surface area contributed by atoms with Gasteiger partial charge in [-0.05, 0) is 36.4 Å². The molecule has 1 aliphatic heterocycles. The van der Waals surface area contributed by atoms with Crippen LogP contribution in [0.15, 0.2) is 36.4 Å². The summed E-state index contributed by atoms with van der Waals surface area (Å²) in [6.45, 7) is 1.94. The molecule has 0 atom stereocenters. The average Bonchev–Trinajstić information content (AvgIpc) is 2.69. The summed E-state index contributed by atoms with van der Waals surface area (Å²) in [5.74, 6) is -1.19. The van der Waals surface area contributed by atoms with Gasteiger partial charge in [0.05, 0.1) is 36.0 Å². The second kappa shape index (κ2) is 9.23. The van der Waals surface area contributed by atoms with Gasteiger partial charge in [-0.3, -0.25) is 9.59 Å². The van der Waals surface area contributed by atoms with Gasteiger partial charge in [0, 0.05) is 23.8 Å². The minimum atomic E-state index is -0.577. The van der Waals surface area contributed by atoms with E-state index in [0.717, 1.165) is 0 Å². The summed E-state index contributed by atoms with van der Waals surface area (Å²) < 4.78 is 18.9. The van der Waals surface area contributed by atoms with Crippen LogP contribution < -0.4 is 10.6 Å². The first kappa shape index (κ1) is 20.4. The average molecular weight is 426 g/mol. The normalized spacial score (nSPS) is 13.9. The molecule has 148 valence electrons. The highest BCUT2D eigenvalue weighted by molar-refractivity contribution is 6.34. The summed E-state index contributed by atoms with van der Waals surface area (Å²) >= 11 is 12.0. The minimum absolute atomic E-state index is 0.00351. The Bertz CT molecular complexity index is 889. The molecule has 2 aromatic rings. The van der Waals surface area contributed by atoms with E-state index in [0.29, 0.717) is 42.6 Å². The SMILES string of the molecule is O=C(CNc1ccc(C(=O)N2CCOCC2)c(Cl)c1)Nc1cc(Cl)ccc1F. The number of rotatable bonds is 5. The number of nitrogens with zero attached hydrogens (tertiary/aromatic N) is 1. The number of hydrogen-bond donors (Lipinski definition) is 2. The van der Waals surface area contributed by atoms with Gasteiger partial charge in [0.1, 0.15) is 5.82 Å². The molecule has 1 aliphatic rings. The molecule has 0 saturated carbocycles. The Morgan fingerprint density at radius 2 is 1.86 bits per heavy atom. The molecule has 2 aromatic carbocycles. The molecule has 9 heteroatoms. The fourth-order valence-electron chi connectivity index (χ4n) is 2.71. The van der Waals surface area contributed by atoms with Crippen LogP contribution in [0, 0.1) is 5.82 Å². The number of halogens is 3. The summed E-state index contributed by atoms with van der Waals surface area (Å²) in [6, 6.07) is 8.74. The molecule has 28 heavy (non-hydrogen) atoms. The summed E-state index contributed by atoms with van der Waals surface area (Å²) in [5.41, 5.74) is 0.952. The third kappa shape index (κ3) is 5.13. The van der Waals surface area contributed by atoms with Crippen molar-refractivity contribution in [3.05, 3.63) is 57.8 Å². The molecule has 2 amide bonds. The molecule has 3 rings (SSSR count). The second-order valence-electron chi connectivity index (χ2n) is 6.13. The van der Waals surface area contributed by atoms with Crippen molar-refractivity contribution in [1.29, 1.82) is 0 Å². The quantitative estimate of drug-likeness (QED) is 0.766. The zero-order chi connectivity index (χ0) is 20.1. The molecular weight excluding hydrogens is 408 g/mol. The van der Waals surface area contributed by atoms with Crippen LogP contribution in [-0.4, -0.2) is 49.6 Å². The van der Waals surface area contributed by atoms with Gasteiger partial charge in [-0.1, -0.05) is 23.2 Å². The van der Waals surface area contributed by atoms with E-state index < -0.39 is 11.7 Å². The maximum absolute atomic E-state index is 13.7. The lowest BCUT2D eigenvalue weighted by Crippen LogP contribution is -2.40. The number of morpholine rings is 1. The molecule has 0 bridgehead atoms. The van der Waals surface area contributed by atoms with E-state index in [-0.39, 0.29) is 23.2 Å². The molecule has 0 radical (unpaired) electrons. The fourth-order valence-corrected chi connectivity index (χ4v) is 3.14. The largest absolute Gasteiger partial charge is 0.378 e. The Kier molecular flexibility index (Phi) is 6.72. The van der Waals surface area contributed by atoms with Crippen LogP contribution >= 0.6 is 23.2 Å². The lowest BCUT2D eigenvalue weighted by Gasteiger charge is -2.27. The van der Waals surface area contributed by atoms with Crippen molar-refractivity contribution in [2.24, 2.45) is 0 Å². The van der Waals surface area contributed by atoms with Crippen molar-refractivity contribution in [2.45, 2.75) is 0 Å². The second-order valence-corrected chi connectivity index (χ2v) is 6.97. The van der Waals surface area contributed by atoms with Crippen LogP contribution in [0.1, 0.15) is 10.4 Å². The number of hydrogen-bond acceptors (Lipinski definition) is 4.